The lowest BCUT2D eigenvalue weighted by atomic mass is 10.0. The molecule has 6 nitrogen and oxygen atoms in total. The van der Waals surface area contributed by atoms with E-state index < -0.39 is 0 Å². The zero-order chi connectivity index (χ0) is 20.0. The lowest BCUT2D eigenvalue weighted by Crippen LogP contribution is -2.04. The summed E-state index contributed by atoms with van der Waals surface area (Å²) in [4.78, 5) is 8.67. The SMILES string of the molecule is Oc1ccc(O)n1Cc1ccc(F)c(-c2ccc3ncnc(NC4CC4)c3c2)c1. The predicted molar refractivity (Wildman–Crippen MR) is 108 cm³/mol. The third-order valence-electron chi connectivity index (χ3n) is 5.17. The Morgan fingerprint density at radius 3 is 2.55 bits per heavy atom. The van der Waals surface area contributed by atoms with Crippen LogP contribution in [0.3, 0.4) is 0 Å². The number of rotatable bonds is 5. The van der Waals surface area contributed by atoms with E-state index in [1.807, 2.05) is 18.2 Å². The van der Waals surface area contributed by atoms with Crippen LogP contribution < -0.4 is 5.32 Å². The van der Waals surface area contributed by atoms with Gasteiger partial charge in [-0.25, -0.2) is 14.4 Å². The van der Waals surface area contributed by atoms with Crippen molar-refractivity contribution in [1.29, 1.82) is 0 Å². The lowest BCUT2D eigenvalue weighted by molar-refractivity contribution is 0.377. The van der Waals surface area contributed by atoms with Crippen LogP contribution in [0.25, 0.3) is 22.0 Å². The van der Waals surface area contributed by atoms with E-state index in [1.165, 1.54) is 29.1 Å². The largest absolute Gasteiger partial charge is 0.494 e. The summed E-state index contributed by atoms with van der Waals surface area (Å²) in [7, 11) is 0. The number of anilines is 1. The molecule has 0 atom stereocenters. The van der Waals surface area contributed by atoms with Crippen LogP contribution >= 0.6 is 0 Å². The molecule has 0 bridgehead atoms. The van der Waals surface area contributed by atoms with Gasteiger partial charge in [-0.2, -0.15) is 0 Å². The van der Waals surface area contributed by atoms with Crippen molar-refractivity contribution in [3.63, 3.8) is 0 Å². The molecule has 0 aliphatic heterocycles. The Balaban J connectivity index is 1.55. The minimum Gasteiger partial charge on any atom is -0.494 e. The highest BCUT2D eigenvalue weighted by Gasteiger charge is 2.22. The fraction of sp³-hybridized carbons (Fsp3) is 0.182. The average molecular weight is 390 g/mol. The summed E-state index contributed by atoms with van der Waals surface area (Å²) >= 11 is 0. The van der Waals surface area contributed by atoms with Crippen LogP contribution in [-0.4, -0.2) is 30.8 Å². The van der Waals surface area contributed by atoms with Crippen molar-refractivity contribution < 1.29 is 14.6 Å². The van der Waals surface area contributed by atoms with Crippen LogP contribution in [0, 0.1) is 5.82 Å². The number of fused-ring (bicyclic) bond motifs is 1. The van der Waals surface area contributed by atoms with Gasteiger partial charge in [0.2, 0.25) is 0 Å². The Labute approximate surface area is 166 Å². The molecule has 1 aliphatic rings. The van der Waals surface area contributed by atoms with Crippen molar-refractivity contribution in [2.24, 2.45) is 0 Å². The van der Waals surface area contributed by atoms with E-state index in [4.69, 9.17) is 0 Å². The van der Waals surface area contributed by atoms with Gasteiger partial charge >= 0.3 is 0 Å². The zero-order valence-corrected chi connectivity index (χ0v) is 15.5. The van der Waals surface area contributed by atoms with Crippen LogP contribution in [0.5, 0.6) is 11.8 Å². The summed E-state index contributed by atoms with van der Waals surface area (Å²) in [5.74, 6) is 0.319. The number of halogens is 1. The van der Waals surface area contributed by atoms with Gasteiger partial charge in [0.05, 0.1) is 12.1 Å². The first-order chi connectivity index (χ1) is 14.1. The molecule has 0 saturated heterocycles. The van der Waals surface area contributed by atoms with Gasteiger partial charge in [-0.05, 0) is 48.2 Å². The highest BCUT2D eigenvalue weighted by Crippen LogP contribution is 2.32. The molecule has 1 saturated carbocycles. The Hall–Kier alpha value is -3.61. The van der Waals surface area contributed by atoms with Crippen molar-refractivity contribution in [1.82, 2.24) is 14.5 Å². The van der Waals surface area contributed by atoms with Crippen LogP contribution in [0.1, 0.15) is 18.4 Å². The van der Waals surface area contributed by atoms with Crippen LogP contribution in [0.2, 0.25) is 0 Å². The Morgan fingerprint density at radius 1 is 1.00 bits per heavy atom. The molecular weight excluding hydrogens is 371 g/mol. The quantitative estimate of drug-likeness (QED) is 0.474. The first kappa shape index (κ1) is 17.5. The van der Waals surface area contributed by atoms with Gasteiger partial charge in [0.1, 0.15) is 18.0 Å². The van der Waals surface area contributed by atoms with Gasteiger partial charge in [0.15, 0.2) is 11.8 Å². The third-order valence-corrected chi connectivity index (χ3v) is 5.17. The summed E-state index contributed by atoms with van der Waals surface area (Å²) in [6.07, 6.45) is 3.78. The maximum atomic E-state index is 14.7. The van der Waals surface area contributed by atoms with E-state index in [9.17, 15) is 14.6 Å². The molecule has 0 spiro atoms. The highest BCUT2D eigenvalue weighted by atomic mass is 19.1. The van der Waals surface area contributed by atoms with E-state index in [0.29, 0.717) is 17.2 Å². The summed E-state index contributed by atoms with van der Waals surface area (Å²) in [5.41, 5.74) is 2.71. The van der Waals surface area contributed by atoms with Gasteiger partial charge in [-0.3, -0.25) is 4.57 Å². The van der Waals surface area contributed by atoms with Gasteiger partial charge in [-0.1, -0.05) is 12.1 Å². The zero-order valence-electron chi connectivity index (χ0n) is 15.5. The standard InChI is InChI=1S/C22H19FN4O2/c23-18-5-1-13(11-27-20(28)7-8-21(27)29)9-16(18)14-2-6-19-17(10-14)22(25-12-24-19)26-15-3-4-15/h1-2,5-10,12,15,28-29H,3-4,11H2,(H,24,25,26). The predicted octanol–water partition coefficient (Wildman–Crippen LogP) is 4.27. The normalized spacial score (nSPS) is 13.7. The highest BCUT2D eigenvalue weighted by molar-refractivity contribution is 5.92. The molecule has 0 unspecified atom stereocenters. The number of hydrogen-bond acceptors (Lipinski definition) is 5. The fourth-order valence-corrected chi connectivity index (χ4v) is 3.44. The molecule has 7 heteroatoms. The van der Waals surface area contributed by atoms with Crippen molar-refractivity contribution >= 4 is 16.7 Å². The molecule has 1 aliphatic carbocycles. The maximum absolute atomic E-state index is 14.7. The average Bonchev–Trinajstić information content (AvgIpc) is 3.49. The first-order valence-corrected chi connectivity index (χ1v) is 9.46. The summed E-state index contributed by atoms with van der Waals surface area (Å²) in [5, 5.41) is 24.0. The lowest BCUT2D eigenvalue weighted by Gasteiger charge is -2.12. The maximum Gasteiger partial charge on any atom is 0.194 e. The van der Waals surface area contributed by atoms with Crippen molar-refractivity contribution in [2.45, 2.75) is 25.4 Å². The van der Waals surface area contributed by atoms with Crippen LogP contribution in [0.4, 0.5) is 10.2 Å². The van der Waals surface area contributed by atoms with Gasteiger partial charge in [-0.15, -0.1) is 0 Å². The summed E-state index contributed by atoms with van der Waals surface area (Å²) in [6.45, 7) is 0.225. The molecule has 4 aromatic rings. The Kier molecular flexibility index (Phi) is 4.08. The van der Waals surface area contributed by atoms with Gasteiger partial charge < -0.3 is 15.5 Å². The van der Waals surface area contributed by atoms with Gasteiger partial charge in [0, 0.05) is 29.1 Å². The molecule has 5 rings (SSSR count). The molecule has 3 N–H and O–H groups in total. The van der Waals surface area contributed by atoms with E-state index in [1.54, 1.807) is 12.1 Å². The number of benzene rings is 2. The third kappa shape index (κ3) is 3.35. The topological polar surface area (TPSA) is 83.2 Å². The monoisotopic (exact) mass is 390 g/mol. The Morgan fingerprint density at radius 2 is 1.79 bits per heavy atom. The summed E-state index contributed by atoms with van der Waals surface area (Å²) in [6, 6.07) is 13.6. The first-order valence-electron chi connectivity index (χ1n) is 9.46. The van der Waals surface area contributed by atoms with Crippen molar-refractivity contribution in [2.75, 3.05) is 5.32 Å². The number of aromatic nitrogens is 3. The number of nitrogens with one attached hydrogen (secondary N) is 1. The number of aromatic hydroxyl groups is 2. The molecule has 0 amide bonds. The molecule has 2 aromatic heterocycles. The number of hydrogen-bond donors (Lipinski definition) is 3. The Bertz CT molecular complexity index is 1200. The van der Waals surface area contributed by atoms with Crippen LogP contribution in [-0.2, 0) is 6.54 Å². The van der Waals surface area contributed by atoms with E-state index in [0.717, 1.165) is 35.1 Å². The molecule has 1 fully saturated rings. The van der Waals surface area contributed by atoms with E-state index in [2.05, 4.69) is 15.3 Å². The minimum atomic E-state index is -0.345. The van der Waals surface area contributed by atoms with Gasteiger partial charge in [0.25, 0.3) is 0 Å². The van der Waals surface area contributed by atoms with Crippen LogP contribution in [0.15, 0.2) is 54.9 Å². The summed E-state index contributed by atoms with van der Waals surface area (Å²) < 4.78 is 16.0. The molecule has 29 heavy (non-hydrogen) atoms. The minimum absolute atomic E-state index is 0.0491. The smallest absolute Gasteiger partial charge is 0.194 e. The van der Waals surface area contributed by atoms with Crippen molar-refractivity contribution in [3.8, 4) is 22.9 Å². The molecule has 146 valence electrons. The fourth-order valence-electron chi connectivity index (χ4n) is 3.44. The second-order valence-corrected chi connectivity index (χ2v) is 7.32. The molecule has 2 aromatic carbocycles. The second kappa shape index (κ2) is 6.77. The van der Waals surface area contributed by atoms with E-state index >= 15 is 0 Å². The molecule has 2 heterocycles. The molecule has 0 radical (unpaired) electrons. The van der Waals surface area contributed by atoms with E-state index in [-0.39, 0.29) is 24.1 Å². The van der Waals surface area contributed by atoms with Crippen molar-refractivity contribution in [3.05, 3.63) is 66.2 Å². The molecular formula is C22H19FN4O2. The number of nitrogens with zero attached hydrogens (tertiary/aromatic N) is 3. The second-order valence-electron chi connectivity index (χ2n) is 7.32.